The van der Waals surface area contributed by atoms with Crippen LogP contribution in [0.5, 0.6) is 0 Å². The first-order chi connectivity index (χ1) is 6.38. The van der Waals surface area contributed by atoms with Crippen LogP contribution in [-0.2, 0) is 7.05 Å². The molecule has 1 aromatic heterocycles. The largest absolute Gasteiger partial charge is 0.397 e. The van der Waals surface area contributed by atoms with E-state index in [1.54, 1.807) is 6.07 Å². The minimum Gasteiger partial charge on any atom is -0.271 e. The minimum absolute atomic E-state index is 0.0303. The van der Waals surface area contributed by atoms with E-state index in [0.717, 1.165) is 17.8 Å². The standard InChI is InChI=1S/C8H8F3N3/c1-5(8(9,10)11)7-6(3-12)4-13-14(7)2/h4-5H,1-2H3. The lowest BCUT2D eigenvalue weighted by Gasteiger charge is -2.15. The summed E-state index contributed by atoms with van der Waals surface area (Å²) in [4.78, 5) is 0. The Labute approximate surface area is 78.8 Å². The molecule has 0 aliphatic rings. The van der Waals surface area contributed by atoms with Crippen LogP contribution in [0.25, 0.3) is 0 Å². The Bertz CT molecular complexity index is 372. The summed E-state index contributed by atoms with van der Waals surface area (Å²) in [7, 11) is 1.39. The highest BCUT2D eigenvalue weighted by Gasteiger charge is 2.40. The van der Waals surface area contributed by atoms with Crippen LogP contribution in [-0.4, -0.2) is 16.0 Å². The molecule has 1 heterocycles. The number of alkyl halides is 3. The fraction of sp³-hybridized carbons (Fsp3) is 0.500. The Morgan fingerprint density at radius 1 is 1.57 bits per heavy atom. The summed E-state index contributed by atoms with van der Waals surface area (Å²) in [6.07, 6.45) is -3.21. The summed E-state index contributed by atoms with van der Waals surface area (Å²) in [5, 5.41) is 12.2. The van der Waals surface area contributed by atoms with Crippen molar-refractivity contribution < 1.29 is 13.2 Å². The summed E-state index contributed by atoms with van der Waals surface area (Å²) in [6, 6.07) is 1.69. The Kier molecular flexibility index (Phi) is 2.51. The third-order valence-electron chi connectivity index (χ3n) is 2.01. The maximum Gasteiger partial charge on any atom is 0.397 e. The van der Waals surface area contributed by atoms with Gasteiger partial charge in [-0.2, -0.15) is 23.5 Å². The van der Waals surface area contributed by atoms with Crippen LogP contribution in [0.1, 0.15) is 24.1 Å². The van der Waals surface area contributed by atoms with E-state index in [1.807, 2.05) is 0 Å². The first kappa shape index (κ1) is 10.6. The maximum absolute atomic E-state index is 12.4. The molecule has 1 unspecified atom stereocenters. The smallest absolute Gasteiger partial charge is 0.271 e. The molecular weight excluding hydrogens is 195 g/mol. The van der Waals surface area contributed by atoms with E-state index in [0.29, 0.717) is 0 Å². The minimum atomic E-state index is -4.35. The van der Waals surface area contributed by atoms with Gasteiger partial charge in [0.1, 0.15) is 6.07 Å². The van der Waals surface area contributed by atoms with Crippen molar-refractivity contribution >= 4 is 0 Å². The number of nitriles is 1. The van der Waals surface area contributed by atoms with Gasteiger partial charge in [0.25, 0.3) is 0 Å². The van der Waals surface area contributed by atoms with Gasteiger partial charge in [-0.15, -0.1) is 0 Å². The third kappa shape index (κ3) is 1.71. The van der Waals surface area contributed by atoms with Crippen molar-refractivity contribution in [1.29, 1.82) is 5.26 Å². The van der Waals surface area contributed by atoms with Crippen LogP contribution >= 0.6 is 0 Å². The average Bonchev–Trinajstić information content (AvgIpc) is 2.43. The van der Waals surface area contributed by atoms with Crippen molar-refractivity contribution in [1.82, 2.24) is 9.78 Å². The van der Waals surface area contributed by atoms with Gasteiger partial charge in [-0.3, -0.25) is 4.68 Å². The highest BCUT2D eigenvalue weighted by Crippen LogP contribution is 2.35. The van der Waals surface area contributed by atoms with E-state index in [1.165, 1.54) is 7.05 Å². The van der Waals surface area contributed by atoms with E-state index in [-0.39, 0.29) is 11.3 Å². The molecular formula is C8H8F3N3. The molecule has 3 nitrogen and oxygen atoms in total. The Balaban J connectivity index is 3.19. The highest BCUT2D eigenvalue weighted by molar-refractivity contribution is 5.34. The summed E-state index contributed by atoms with van der Waals surface area (Å²) in [5.41, 5.74) is -0.127. The average molecular weight is 203 g/mol. The Hall–Kier alpha value is -1.51. The van der Waals surface area contributed by atoms with Gasteiger partial charge in [-0.1, -0.05) is 0 Å². The lowest BCUT2D eigenvalue weighted by Crippen LogP contribution is -2.21. The molecule has 1 atom stereocenters. The molecule has 0 fully saturated rings. The number of nitrogens with zero attached hydrogens (tertiary/aromatic N) is 3. The lowest BCUT2D eigenvalue weighted by atomic mass is 10.0. The zero-order chi connectivity index (χ0) is 10.9. The monoisotopic (exact) mass is 203 g/mol. The number of rotatable bonds is 1. The summed E-state index contributed by atoms with van der Waals surface area (Å²) >= 11 is 0. The van der Waals surface area contributed by atoms with Gasteiger partial charge >= 0.3 is 6.18 Å². The molecule has 0 radical (unpaired) electrons. The predicted octanol–water partition coefficient (Wildman–Crippen LogP) is 1.96. The predicted molar refractivity (Wildman–Crippen MR) is 42.4 cm³/mol. The van der Waals surface area contributed by atoms with Crippen LogP contribution in [0.2, 0.25) is 0 Å². The number of aryl methyl sites for hydroxylation is 1. The van der Waals surface area contributed by atoms with Crippen molar-refractivity contribution in [3.05, 3.63) is 17.5 Å². The molecule has 76 valence electrons. The summed E-state index contributed by atoms with van der Waals surface area (Å²) in [6.45, 7) is 1.01. The van der Waals surface area contributed by atoms with Crippen molar-refractivity contribution in [2.45, 2.75) is 19.0 Å². The second-order valence-corrected chi connectivity index (χ2v) is 2.94. The molecule has 0 spiro atoms. The van der Waals surface area contributed by atoms with Crippen molar-refractivity contribution in [3.8, 4) is 6.07 Å². The number of hydrogen-bond acceptors (Lipinski definition) is 2. The first-order valence-electron chi connectivity index (χ1n) is 3.86. The molecule has 0 saturated heterocycles. The molecule has 0 aromatic carbocycles. The Morgan fingerprint density at radius 2 is 2.14 bits per heavy atom. The number of halogens is 3. The topological polar surface area (TPSA) is 41.6 Å². The van der Waals surface area contributed by atoms with Crippen molar-refractivity contribution in [2.24, 2.45) is 7.05 Å². The van der Waals surface area contributed by atoms with Gasteiger partial charge in [0.05, 0.1) is 23.4 Å². The third-order valence-corrected chi connectivity index (χ3v) is 2.01. The fourth-order valence-corrected chi connectivity index (χ4v) is 1.20. The molecule has 0 bridgehead atoms. The van der Waals surface area contributed by atoms with Crippen molar-refractivity contribution in [2.75, 3.05) is 0 Å². The van der Waals surface area contributed by atoms with Gasteiger partial charge in [-0.05, 0) is 6.92 Å². The van der Waals surface area contributed by atoms with E-state index >= 15 is 0 Å². The van der Waals surface area contributed by atoms with Crippen LogP contribution in [0.4, 0.5) is 13.2 Å². The number of hydrogen-bond donors (Lipinski definition) is 0. The highest BCUT2D eigenvalue weighted by atomic mass is 19.4. The van der Waals surface area contributed by atoms with E-state index in [4.69, 9.17) is 5.26 Å². The second-order valence-electron chi connectivity index (χ2n) is 2.94. The zero-order valence-electron chi connectivity index (χ0n) is 7.63. The molecule has 0 amide bonds. The molecule has 1 aromatic rings. The Morgan fingerprint density at radius 3 is 2.57 bits per heavy atom. The molecule has 6 heteroatoms. The molecule has 1 rings (SSSR count). The first-order valence-corrected chi connectivity index (χ1v) is 3.86. The normalized spacial score (nSPS) is 13.7. The molecule has 14 heavy (non-hydrogen) atoms. The maximum atomic E-state index is 12.4. The summed E-state index contributed by atoms with van der Waals surface area (Å²) in [5.74, 6) is -1.68. The van der Waals surface area contributed by atoms with Crippen LogP contribution < -0.4 is 0 Å². The van der Waals surface area contributed by atoms with Crippen molar-refractivity contribution in [3.63, 3.8) is 0 Å². The SMILES string of the molecule is CC(c1c(C#N)cnn1C)C(F)(F)F. The van der Waals surface area contributed by atoms with Gasteiger partial charge in [0, 0.05) is 7.05 Å². The number of aromatic nitrogens is 2. The van der Waals surface area contributed by atoms with Crippen LogP contribution in [0.3, 0.4) is 0 Å². The molecule has 0 aliphatic carbocycles. The van der Waals surface area contributed by atoms with Gasteiger partial charge in [0.15, 0.2) is 0 Å². The van der Waals surface area contributed by atoms with Gasteiger partial charge in [-0.25, -0.2) is 0 Å². The molecule has 0 aliphatic heterocycles. The second kappa shape index (κ2) is 3.33. The van der Waals surface area contributed by atoms with E-state index < -0.39 is 12.1 Å². The van der Waals surface area contributed by atoms with Crippen LogP contribution in [0, 0.1) is 11.3 Å². The van der Waals surface area contributed by atoms with Crippen LogP contribution in [0.15, 0.2) is 6.20 Å². The summed E-state index contributed by atoms with van der Waals surface area (Å²) < 4.78 is 38.2. The van der Waals surface area contributed by atoms with Gasteiger partial charge in [0.2, 0.25) is 0 Å². The zero-order valence-corrected chi connectivity index (χ0v) is 7.63. The van der Waals surface area contributed by atoms with Gasteiger partial charge < -0.3 is 0 Å². The molecule has 0 saturated carbocycles. The fourth-order valence-electron chi connectivity index (χ4n) is 1.20. The quantitative estimate of drug-likeness (QED) is 0.700. The van der Waals surface area contributed by atoms with E-state index in [2.05, 4.69) is 5.10 Å². The lowest BCUT2D eigenvalue weighted by molar-refractivity contribution is -0.147. The van der Waals surface area contributed by atoms with E-state index in [9.17, 15) is 13.2 Å². The molecule has 0 N–H and O–H groups in total.